The number of aromatic hydroxyl groups is 1. The molecule has 2 atom stereocenters. The highest BCUT2D eigenvalue weighted by Gasteiger charge is 2.31. The Kier molecular flexibility index (Phi) is 4.41. The lowest BCUT2D eigenvalue weighted by Gasteiger charge is -2.36. The molecule has 0 bridgehead atoms. The van der Waals surface area contributed by atoms with E-state index in [1.165, 1.54) is 4.90 Å². The summed E-state index contributed by atoms with van der Waals surface area (Å²) >= 11 is 0. The fourth-order valence-electron chi connectivity index (χ4n) is 2.56. The van der Waals surface area contributed by atoms with Gasteiger partial charge in [-0.15, -0.1) is 0 Å². The fourth-order valence-corrected chi connectivity index (χ4v) is 2.56. The van der Waals surface area contributed by atoms with Crippen molar-refractivity contribution in [1.82, 2.24) is 4.90 Å². The van der Waals surface area contributed by atoms with E-state index in [-0.39, 0.29) is 5.92 Å². The number of carbonyl (C=O) groups is 1. The number of likely N-dealkylation sites (tertiary alicyclic amines) is 1. The molecule has 4 nitrogen and oxygen atoms in total. The molecule has 1 aromatic rings. The molecule has 1 fully saturated rings. The largest absolute Gasteiger partial charge is 0.503 e. The third-order valence-corrected chi connectivity index (χ3v) is 4.07. The summed E-state index contributed by atoms with van der Waals surface area (Å²) in [6.45, 7) is 3.12. The van der Waals surface area contributed by atoms with Crippen LogP contribution in [0.4, 0.5) is 13.2 Å². The van der Waals surface area contributed by atoms with E-state index >= 15 is 0 Å². The first-order valence-electron chi connectivity index (χ1n) is 6.72. The maximum atomic E-state index is 13.8. The number of nitrogens with zero attached hydrogens (tertiary/aromatic N) is 1. The predicted molar refractivity (Wildman–Crippen MR) is 70.2 cm³/mol. The van der Waals surface area contributed by atoms with Gasteiger partial charge < -0.3 is 15.7 Å². The Morgan fingerprint density at radius 3 is 2.71 bits per heavy atom. The summed E-state index contributed by atoms with van der Waals surface area (Å²) in [6, 6.07) is 0.474. The molecule has 1 saturated heterocycles. The first-order valence-corrected chi connectivity index (χ1v) is 6.72. The van der Waals surface area contributed by atoms with Crippen LogP contribution >= 0.6 is 0 Å². The number of halogens is 3. The number of phenols is 1. The van der Waals surface area contributed by atoms with Gasteiger partial charge in [-0.25, -0.2) is 8.78 Å². The summed E-state index contributed by atoms with van der Waals surface area (Å²) in [6.07, 6.45) is 0.699. The average molecular weight is 302 g/mol. The fraction of sp³-hybridized carbons (Fsp3) is 0.500. The van der Waals surface area contributed by atoms with Gasteiger partial charge in [0.15, 0.2) is 17.4 Å². The monoisotopic (exact) mass is 302 g/mol. The van der Waals surface area contributed by atoms with Crippen LogP contribution in [0.1, 0.15) is 23.7 Å². The molecule has 0 aliphatic carbocycles. The molecule has 1 aromatic carbocycles. The van der Waals surface area contributed by atoms with Crippen molar-refractivity contribution in [2.45, 2.75) is 13.3 Å². The summed E-state index contributed by atoms with van der Waals surface area (Å²) in [7, 11) is 0. The Morgan fingerprint density at radius 2 is 2.10 bits per heavy atom. The Labute approximate surface area is 120 Å². The number of rotatable bonds is 2. The van der Waals surface area contributed by atoms with Gasteiger partial charge in [0.1, 0.15) is 0 Å². The van der Waals surface area contributed by atoms with Crippen molar-refractivity contribution in [3.05, 3.63) is 29.1 Å². The van der Waals surface area contributed by atoms with E-state index in [2.05, 4.69) is 0 Å². The molecule has 3 N–H and O–H groups in total. The molecule has 0 saturated carbocycles. The zero-order valence-corrected chi connectivity index (χ0v) is 11.6. The normalized spacial score (nSPS) is 22.4. The number of nitrogens with two attached hydrogens (primary N) is 1. The van der Waals surface area contributed by atoms with Crippen LogP contribution in [0.3, 0.4) is 0 Å². The lowest BCUT2D eigenvalue weighted by molar-refractivity contribution is 0.0612. The first-order chi connectivity index (χ1) is 9.86. The lowest BCUT2D eigenvalue weighted by atomic mass is 9.87. The van der Waals surface area contributed by atoms with Crippen LogP contribution < -0.4 is 5.73 Å². The van der Waals surface area contributed by atoms with E-state index < -0.39 is 34.7 Å². The van der Waals surface area contributed by atoms with Crippen molar-refractivity contribution < 1.29 is 23.1 Å². The van der Waals surface area contributed by atoms with Crippen molar-refractivity contribution in [3.63, 3.8) is 0 Å². The van der Waals surface area contributed by atoms with Crippen LogP contribution in [0.15, 0.2) is 6.07 Å². The molecule has 1 aliphatic heterocycles. The standard InChI is InChI=1S/C14H17F3N2O2/c1-7-2-3-19(6-8(7)5-18)14(21)9-4-10(15)12(17)13(20)11(9)16/h4,7-8,20H,2-3,5-6,18H2,1H3. The van der Waals surface area contributed by atoms with Crippen LogP contribution in [0.2, 0.25) is 0 Å². The molecule has 0 spiro atoms. The third-order valence-electron chi connectivity index (χ3n) is 4.07. The molecule has 0 radical (unpaired) electrons. The van der Waals surface area contributed by atoms with E-state index in [0.29, 0.717) is 38.0 Å². The molecule has 7 heteroatoms. The molecule has 2 rings (SSSR count). The lowest BCUT2D eigenvalue weighted by Crippen LogP contribution is -2.45. The molecule has 1 aliphatic rings. The number of benzene rings is 1. The van der Waals surface area contributed by atoms with Crippen LogP contribution in [-0.2, 0) is 0 Å². The summed E-state index contributed by atoms with van der Waals surface area (Å²) in [5.74, 6) is -6.44. The molecule has 116 valence electrons. The highest BCUT2D eigenvalue weighted by molar-refractivity contribution is 5.95. The first kappa shape index (κ1) is 15.6. The van der Waals surface area contributed by atoms with Crippen molar-refractivity contribution >= 4 is 5.91 Å². The number of phenolic OH excluding ortho intramolecular Hbond substituents is 1. The number of piperidine rings is 1. The second-order valence-electron chi connectivity index (χ2n) is 5.40. The summed E-state index contributed by atoms with van der Waals surface area (Å²) < 4.78 is 40.1. The van der Waals surface area contributed by atoms with E-state index in [4.69, 9.17) is 5.73 Å². The van der Waals surface area contributed by atoms with Gasteiger partial charge in [-0.05, 0) is 30.9 Å². The number of amides is 1. The van der Waals surface area contributed by atoms with Crippen LogP contribution in [0, 0.1) is 29.3 Å². The summed E-state index contributed by atoms with van der Waals surface area (Å²) in [5, 5.41) is 9.17. The number of carbonyl (C=O) groups excluding carboxylic acids is 1. The van der Waals surface area contributed by atoms with E-state index in [0.717, 1.165) is 0 Å². The van der Waals surface area contributed by atoms with Crippen molar-refractivity contribution in [2.24, 2.45) is 17.6 Å². The van der Waals surface area contributed by atoms with E-state index in [1.54, 1.807) is 0 Å². The van der Waals surface area contributed by atoms with Crippen molar-refractivity contribution in [2.75, 3.05) is 19.6 Å². The topological polar surface area (TPSA) is 66.6 Å². The molecule has 0 aromatic heterocycles. The minimum atomic E-state index is -1.70. The maximum Gasteiger partial charge on any atom is 0.257 e. The quantitative estimate of drug-likeness (QED) is 0.820. The van der Waals surface area contributed by atoms with Crippen LogP contribution in [-0.4, -0.2) is 35.5 Å². The minimum Gasteiger partial charge on any atom is -0.503 e. The Bertz CT molecular complexity index is 566. The predicted octanol–water partition coefficient (Wildman–Crippen LogP) is 1.87. The zero-order valence-electron chi connectivity index (χ0n) is 11.6. The minimum absolute atomic E-state index is 0.0738. The molecule has 2 unspecified atom stereocenters. The van der Waals surface area contributed by atoms with Crippen molar-refractivity contribution in [3.8, 4) is 5.75 Å². The summed E-state index contributed by atoms with van der Waals surface area (Å²) in [5.41, 5.74) is 4.96. The van der Waals surface area contributed by atoms with Gasteiger partial charge in [-0.2, -0.15) is 4.39 Å². The highest BCUT2D eigenvalue weighted by atomic mass is 19.2. The molecule has 1 amide bonds. The summed E-state index contributed by atoms with van der Waals surface area (Å²) in [4.78, 5) is 13.6. The van der Waals surface area contributed by atoms with Crippen LogP contribution in [0.25, 0.3) is 0 Å². The van der Waals surface area contributed by atoms with Gasteiger partial charge in [0.25, 0.3) is 5.91 Å². The smallest absolute Gasteiger partial charge is 0.257 e. The van der Waals surface area contributed by atoms with Gasteiger partial charge in [0.2, 0.25) is 5.82 Å². The van der Waals surface area contributed by atoms with Crippen LogP contribution in [0.5, 0.6) is 5.75 Å². The Balaban J connectivity index is 2.29. The van der Waals surface area contributed by atoms with Gasteiger partial charge in [0, 0.05) is 13.1 Å². The van der Waals surface area contributed by atoms with Gasteiger partial charge in [-0.1, -0.05) is 6.92 Å². The molecule has 21 heavy (non-hydrogen) atoms. The zero-order chi connectivity index (χ0) is 15.7. The third kappa shape index (κ3) is 2.83. The second kappa shape index (κ2) is 5.93. The van der Waals surface area contributed by atoms with Gasteiger partial charge in [0.05, 0.1) is 5.56 Å². The Morgan fingerprint density at radius 1 is 1.43 bits per heavy atom. The molecular formula is C14H17F3N2O2. The molecule has 1 heterocycles. The Hall–Kier alpha value is -1.76. The van der Waals surface area contributed by atoms with Crippen molar-refractivity contribution in [1.29, 1.82) is 0 Å². The van der Waals surface area contributed by atoms with E-state index in [1.807, 2.05) is 6.92 Å². The maximum absolute atomic E-state index is 13.8. The highest BCUT2D eigenvalue weighted by Crippen LogP contribution is 2.29. The van der Waals surface area contributed by atoms with Gasteiger partial charge >= 0.3 is 0 Å². The molecular weight excluding hydrogens is 285 g/mol. The number of hydrogen-bond donors (Lipinski definition) is 2. The SMILES string of the molecule is CC1CCN(C(=O)c2cc(F)c(F)c(O)c2F)CC1CN. The average Bonchev–Trinajstić information content (AvgIpc) is 2.48. The van der Waals surface area contributed by atoms with E-state index in [9.17, 15) is 23.1 Å². The van der Waals surface area contributed by atoms with Gasteiger partial charge in [-0.3, -0.25) is 4.79 Å². The number of hydrogen-bond acceptors (Lipinski definition) is 3. The second-order valence-corrected chi connectivity index (χ2v) is 5.40.